The molecule has 3 N–H and O–H groups in total. The number of benzene rings is 12. The van der Waals surface area contributed by atoms with Gasteiger partial charge in [0, 0.05) is 33.8 Å². The number of hydrogen-bond donors (Lipinski definition) is 3. The molecule has 0 spiro atoms. The number of alkyl halides is 1. The van der Waals surface area contributed by atoms with Gasteiger partial charge in [-0.3, -0.25) is 28.9 Å². The number of allylic oxidation sites excluding steroid dienone is 2. The highest BCUT2D eigenvalue weighted by atomic mass is 79.9. The maximum atomic E-state index is 14.7. The van der Waals surface area contributed by atoms with Crippen LogP contribution in [0.5, 0.6) is 34.5 Å². The van der Waals surface area contributed by atoms with Gasteiger partial charge in [0.25, 0.3) is 0 Å². The lowest BCUT2D eigenvalue weighted by molar-refractivity contribution is -0.147. The molecule has 0 saturated carbocycles. The maximum absolute atomic E-state index is 14.7. The van der Waals surface area contributed by atoms with Crippen molar-refractivity contribution in [1.29, 1.82) is 0 Å². The van der Waals surface area contributed by atoms with E-state index < -0.39 is 34.2 Å². The Bertz CT molecular complexity index is 5600. The summed E-state index contributed by atoms with van der Waals surface area (Å²) >= 11 is 3.01. The average molecular weight is 1670 g/mol. The van der Waals surface area contributed by atoms with Crippen molar-refractivity contribution in [3.8, 4) is 34.5 Å². The minimum Gasteiger partial charge on any atom is -0.508 e. The van der Waals surface area contributed by atoms with Crippen LogP contribution in [-0.2, 0) is 88.6 Å². The summed E-state index contributed by atoms with van der Waals surface area (Å²) in [4.78, 5) is 91.2. The number of methoxy groups -OCH3 is 3. The van der Waals surface area contributed by atoms with Gasteiger partial charge >= 0.3 is 23.9 Å². The standard InChI is InChI=1S/C39H35NO7.C30H25NO5.C21H17NO3.C9H9BrO2/c1-4-11-28(5-2)25-47-37(42)27-45-33-22-18-31(19-23-33)39(30-16-20-32(44-3)21-17-30)34-14-9-10-15-35(34)40(38(39)43)24-36(41)46-26-29-12-7-6-8-13-29;1-34-24-15-11-22(12-16-24)30(26-9-5-6-10-27(26)31-29(30)33)23-13-17-25(18-14-23)35-20-28(32)36-19-21-7-3-2-4-8-21;1-25-17-12-8-15(9-13-17)21(14-6-10-16(23)11-7-14)18-4-2-3-5-19(18)22-20(21)24;10-6-9(11)12-7-8-4-2-1-3-5-8/h4-23H,1-2,24-27H2,3H3;2-18H,19-20H2,1H3,(H,31,33);2-13,23H,1H3,(H,22,24);1-5H,6-7H2/b28-11+;;;. The number of carbonyl (C=O) groups is 7. The highest BCUT2D eigenvalue weighted by molar-refractivity contribution is 9.09. The Morgan fingerprint density at radius 2 is 0.717 bits per heavy atom. The van der Waals surface area contributed by atoms with Gasteiger partial charge in [-0.05, 0) is 147 Å². The minimum absolute atomic E-state index is 0.0544. The van der Waals surface area contributed by atoms with Crippen LogP contribution in [0.1, 0.15) is 66.8 Å². The van der Waals surface area contributed by atoms with Crippen LogP contribution in [0.15, 0.2) is 346 Å². The number of esters is 4. The fourth-order valence-electron chi connectivity index (χ4n) is 14.5. The number of fused-ring (bicyclic) bond motifs is 3. The lowest BCUT2D eigenvalue weighted by Crippen LogP contribution is -2.44. The Kier molecular flexibility index (Phi) is 28.5. The Morgan fingerprint density at radius 3 is 1.10 bits per heavy atom. The van der Waals surface area contributed by atoms with Crippen molar-refractivity contribution in [2.75, 3.05) is 68.6 Å². The van der Waals surface area contributed by atoms with Crippen LogP contribution in [0.2, 0.25) is 0 Å². The molecule has 3 heterocycles. The van der Waals surface area contributed by atoms with Gasteiger partial charge in [0.2, 0.25) is 17.7 Å². The van der Waals surface area contributed by atoms with Crippen LogP contribution in [0, 0.1) is 0 Å². The molecule has 3 atom stereocenters. The van der Waals surface area contributed by atoms with Gasteiger partial charge in [-0.1, -0.05) is 266 Å². The fourth-order valence-corrected chi connectivity index (χ4v) is 14.6. The van der Waals surface area contributed by atoms with Crippen molar-refractivity contribution in [2.45, 2.75) is 36.1 Å². The number of hydrogen-bond acceptors (Lipinski definition) is 17. The molecule has 120 heavy (non-hydrogen) atoms. The van der Waals surface area contributed by atoms with Gasteiger partial charge in [0.1, 0.15) is 89.0 Å². The third-order valence-electron chi connectivity index (χ3n) is 20.3. The summed E-state index contributed by atoms with van der Waals surface area (Å²) in [5.41, 5.74) is 9.48. The van der Waals surface area contributed by atoms with E-state index in [0.29, 0.717) is 57.6 Å². The predicted molar refractivity (Wildman–Crippen MR) is 461 cm³/mol. The van der Waals surface area contributed by atoms with E-state index in [1.165, 1.54) is 4.90 Å². The molecule has 3 unspecified atom stereocenters. The number of rotatable bonds is 28. The number of aromatic hydroxyl groups is 1. The van der Waals surface area contributed by atoms with Crippen molar-refractivity contribution >= 4 is 74.6 Å². The number of phenols is 1. The zero-order chi connectivity index (χ0) is 84.4. The second-order valence-corrected chi connectivity index (χ2v) is 28.0. The van der Waals surface area contributed by atoms with Gasteiger partial charge in [-0.15, -0.1) is 0 Å². The average Bonchev–Trinajstić information content (AvgIpc) is 1.53. The van der Waals surface area contributed by atoms with E-state index in [9.17, 15) is 38.7 Å². The highest BCUT2D eigenvalue weighted by Gasteiger charge is 2.55. The second-order valence-electron chi connectivity index (χ2n) is 27.4. The van der Waals surface area contributed by atoms with Gasteiger partial charge in [0.15, 0.2) is 13.2 Å². The molecule has 3 aliphatic rings. The van der Waals surface area contributed by atoms with Gasteiger partial charge in [-0.25, -0.2) is 9.59 Å². The smallest absolute Gasteiger partial charge is 0.344 e. The van der Waals surface area contributed by atoms with Crippen LogP contribution in [-0.4, -0.2) is 99.7 Å². The van der Waals surface area contributed by atoms with Crippen molar-refractivity contribution in [3.05, 3.63) is 413 Å². The van der Waals surface area contributed by atoms with E-state index >= 15 is 0 Å². The molecule has 606 valence electrons. The molecule has 0 bridgehead atoms. The fraction of sp³-hybridized carbons (Fsp3) is 0.141. The molecule has 3 aliphatic heterocycles. The van der Waals surface area contributed by atoms with Crippen molar-refractivity contribution < 1.29 is 81.3 Å². The van der Waals surface area contributed by atoms with Crippen molar-refractivity contribution in [3.63, 3.8) is 0 Å². The third kappa shape index (κ3) is 19.2. The number of nitrogens with zero attached hydrogens (tertiary/aromatic N) is 1. The number of halogens is 1. The van der Waals surface area contributed by atoms with Crippen LogP contribution in [0.3, 0.4) is 0 Å². The summed E-state index contributed by atoms with van der Waals surface area (Å²) in [6.45, 7) is 7.25. The van der Waals surface area contributed by atoms with Crippen LogP contribution in [0.25, 0.3) is 0 Å². The number of ether oxygens (including phenoxy) is 9. The van der Waals surface area contributed by atoms with Crippen LogP contribution < -0.4 is 39.2 Å². The zero-order valence-electron chi connectivity index (χ0n) is 66.1. The summed E-state index contributed by atoms with van der Waals surface area (Å²) in [7, 11) is 4.80. The summed E-state index contributed by atoms with van der Waals surface area (Å²) in [6, 6.07) is 94.6. The first-order valence-electron chi connectivity index (χ1n) is 38.2. The summed E-state index contributed by atoms with van der Waals surface area (Å²) < 4.78 is 48.3. The molecular weight excluding hydrogens is 1580 g/mol. The number of carbonyl (C=O) groups excluding carboxylic acids is 7. The topological polar surface area (TPSA) is 250 Å². The van der Waals surface area contributed by atoms with Gasteiger partial charge in [0.05, 0.1) is 21.3 Å². The lowest BCUT2D eigenvalue weighted by atomic mass is 9.70. The molecule has 21 heteroatoms. The quantitative estimate of drug-likeness (QED) is 0.0178. The molecule has 3 amide bonds. The van der Waals surface area contributed by atoms with E-state index in [4.69, 9.17) is 42.6 Å². The summed E-state index contributed by atoms with van der Waals surface area (Å²) in [5.74, 6) is 0.863. The van der Waals surface area contributed by atoms with E-state index in [0.717, 1.165) is 67.2 Å². The van der Waals surface area contributed by atoms with E-state index in [1.54, 1.807) is 112 Å². The highest BCUT2D eigenvalue weighted by Crippen LogP contribution is 2.53. The summed E-state index contributed by atoms with van der Waals surface area (Å²) in [5, 5.41) is 15.9. The maximum Gasteiger partial charge on any atom is 0.344 e. The molecule has 0 aromatic heterocycles. The first-order chi connectivity index (χ1) is 58.5. The molecular formula is C99H86BrN3O17. The predicted octanol–water partition coefficient (Wildman–Crippen LogP) is 17.3. The van der Waals surface area contributed by atoms with E-state index in [2.05, 4.69) is 39.7 Å². The SMILES string of the molecule is C=C/C=C(\C=C)COC(=O)COc1ccc(C2(c3ccc(OC)cc3)C(=O)N(CC(=O)OCc3ccccc3)c3ccccc32)cc1.COc1ccc(C2(c3ccc(O)cc3)C(=O)Nc3ccccc32)cc1.COc1ccc(C2(c3ccc(OCC(=O)OCc4ccccc4)cc3)C(=O)Nc3ccccc32)cc1.O=C(CBr)OCc1ccccc1. The number of amides is 3. The molecule has 0 saturated heterocycles. The number of para-hydroxylation sites is 3. The summed E-state index contributed by atoms with van der Waals surface area (Å²) in [6.07, 6.45) is 4.88. The van der Waals surface area contributed by atoms with E-state index in [1.807, 2.05) is 237 Å². The van der Waals surface area contributed by atoms with Crippen LogP contribution >= 0.6 is 15.9 Å². The molecule has 0 radical (unpaired) electrons. The van der Waals surface area contributed by atoms with Crippen LogP contribution in [0.4, 0.5) is 17.1 Å². The molecule has 0 aliphatic carbocycles. The molecule has 12 aromatic rings. The molecule has 20 nitrogen and oxygen atoms in total. The Morgan fingerprint density at radius 1 is 0.383 bits per heavy atom. The Balaban J connectivity index is 0.000000159. The number of phenolic OH excluding ortho intramolecular Hbond substituents is 1. The van der Waals surface area contributed by atoms with Crippen molar-refractivity contribution in [1.82, 2.24) is 0 Å². The lowest BCUT2D eigenvalue weighted by Gasteiger charge is -2.30. The number of nitrogens with one attached hydrogen (secondary N) is 2. The third-order valence-corrected chi connectivity index (χ3v) is 20.7. The normalized spacial score (nSPS) is 15.7. The zero-order valence-corrected chi connectivity index (χ0v) is 67.6. The number of anilines is 3. The van der Waals surface area contributed by atoms with Crippen molar-refractivity contribution in [2.24, 2.45) is 0 Å². The monoisotopic (exact) mass is 1670 g/mol. The van der Waals surface area contributed by atoms with Gasteiger partial charge < -0.3 is 58.4 Å². The Hall–Kier alpha value is -14.6. The molecule has 0 fully saturated rings. The first kappa shape index (κ1) is 84.8. The van der Waals surface area contributed by atoms with E-state index in [-0.39, 0.29) is 74.3 Å². The molecule has 15 rings (SSSR count). The second kappa shape index (κ2) is 40.3. The largest absolute Gasteiger partial charge is 0.508 e. The van der Waals surface area contributed by atoms with Gasteiger partial charge in [-0.2, -0.15) is 0 Å². The Labute approximate surface area is 704 Å². The molecule has 12 aromatic carbocycles. The first-order valence-corrected chi connectivity index (χ1v) is 39.3. The minimum atomic E-state index is -1.29.